The molecule has 0 spiro atoms. The molecule has 0 atom stereocenters. The summed E-state index contributed by atoms with van der Waals surface area (Å²) in [5.74, 6) is 0. The van der Waals surface area contributed by atoms with Gasteiger partial charge in [-0.05, 0) is 0 Å². The molecule has 1 heterocycles. The van der Waals surface area contributed by atoms with Gasteiger partial charge in [-0.1, -0.05) is 24.4 Å². The Morgan fingerprint density at radius 2 is 1.78 bits per heavy atom. The zero-order valence-electron chi connectivity index (χ0n) is 5.09. The van der Waals surface area contributed by atoms with Crippen molar-refractivity contribution in [2.24, 2.45) is 0 Å². The van der Waals surface area contributed by atoms with Crippen LogP contribution in [0.3, 0.4) is 0 Å². The fourth-order valence-electron chi connectivity index (χ4n) is 0.760. The molecule has 1 aliphatic rings. The Labute approximate surface area is 64.7 Å². The lowest BCUT2D eigenvalue weighted by Crippen LogP contribution is -2.24. The molecule has 0 aromatic rings. The summed E-state index contributed by atoms with van der Waals surface area (Å²) in [5.41, 5.74) is 0. The summed E-state index contributed by atoms with van der Waals surface area (Å²) < 4.78 is 0. The molecule has 0 bridgehead atoms. The summed E-state index contributed by atoms with van der Waals surface area (Å²) in [4.78, 5) is 6.47. The van der Waals surface area contributed by atoms with E-state index >= 15 is 0 Å². The molecular weight excluding hydrogens is 154 g/mol. The molecular formula is C5H7NOS2. The summed E-state index contributed by atoms with van der Waals surface area (Å²) in [6.07, 6.45) is 1.73. The monoisotopic (exact) mass is 161 g/mol. The minimum absolute atomic E-state index is 0.794. The summed E-state index contributed by atoms with van der Waals surface area (Å²) >= 11 is 9.86. The Hall–Kier alpha value is -0.0600. The Kier molecular flexibility index (Phi) is 2.10. The lowest BCUT2D eigenvalue weighted by molar-refractivity contribution is 0.00781. The largest absolute Gasteiger partial charge is 0.271 e. The van der Waals surface area contributed by atoms with Crippen LogP contribution in [0.5, 0.6) is 0 Å². The average molecular weight is 161 g/mol. The fraction of sp³-hybridized carbons (Fsp3) is 0.600. The standard InChI is InChI=1S/C5H7NOS2/c1-7-6-4(8)2-3-5(6)9/h2-3H2,1H3. The second-order valence-corrected chi connectivity index (χ2v) is 2.71. The van der Waals surface area contributed by atoms with Crippen LogP contribution in [0.4, 0.5) is 0 Å². The molecule has 2 nitrogen and oxygen atoms in total. The quantitative estimate of drug-likeness (QED) is 0.537. The van der Waals surface area contributed by atoms with E-state index in [1.54, 1.807) is 7.11 Å². The van der Waals surface area contributed by atoms with Crippen LogP contribution in [0.15, 0.2) is 0 Å². The van der Waals surface area contributed by atoms with Gasteiger partial charge < -0.3 is 0 Å². The molecule has 4 heteroatoms. The maximum atomic E-state index is 4.93. The Balaban J connectivity index is 2.66. The average Bonchev–Trinajstić information content (AvgIpc) is 2.12. The van der Waals surface area contributed by atoms with Gasteiger partial charge in [-0.2, -0.15) is 0 Å². The van der Waals surface area contributed by atoms with E-state index in [9.17, 15) is 0 Å². The molecule has 1 aliphatic heterocycles. The van der Waals surface area contributed by atoms with Crippen molar-refractivity contribution in [1.82, 2.24) is 5.06 Å². The smallest absolute Gasteiger partial charge is 0.110 e. The van der Waals surface area contributed by atoms with E-state index in [4.69, 9.17) is 29.3 Å². The summed E-state index contributed by atoms with van der Waals surface area (Å²) in [5, 5.41) is 1.53. The van der Waals surface area contributed by atoms with Crippen LogP contribution < -0.4 is 0 Å². The molecule has 50 valence electrons. The van der Waals surface area contributed by atoms with E-state index in [1.165, 1.54) is 5.06 Å². The molecule has 1 rings (SSSR count). The second kappa shape index (κ2) is 2.68. The molecule has 0 unspecified atom stereocenters. The van der Waals surface area contributed by atoms with Crippen LogP contribution in [0, 0.1) is 0 Å². The van der Waals surface area contributed by atoms with Crippen molar-refractivity contribution < 1.29 is 4.84 Å². The van der Waals surface area contributed by atoms with Crippen molar-refractivity contribution in [1.29, 1.82) is 0 Å². The SMILES string of the molecule is CON1C(=S)CCC1=S. The summed E-state index contributed by atoms with van der Waals surface area (Å²) in [7, 11) is 1.57. The van der Waals surface area contributed by atoms with Crippen molar-refractivity contribution in [2.75, 3.05) is 7.11 Å². The van der Waals surface area contributed by atoms with Crippen LogP contribution in [0.1, 0.15) is 12.8 Å². The predicted octanol–water partition coefficient (Wildman–Crippen LogP) is 1.30. The highest BCUT2D eigenvalue weighted by atomic mass is 32.1. The zero-order valence-corrected chi connectivity index (χ0v) is 6.72. The van der Waals surface area contributed by atoms with Gasteiger partial charge in [0.1, 0.15) is 9.98 Å². The highest BCUT2D eigenvalue weighted by Crippen LogP contribution is 2.14. The third-order valence-corrected chi connectivity index (χ3v) is 1.93. The van der Waals surface area contributed by atoms with E-state index in [0.29, 0.717) is 0 Å². The number of nitrogens with zero attached hydrogens (tertiary/aromatic N) is 1. The van der Waals surface area contributed by atoms with Crippen LogP contribution in [-0.2, 0) is 4.84 Å². The lowest BCUT2D eigenvalue weighted by atomic mass is 10.4. The van der Waals surface area contributed by atoms with Gasteiger partial charge in [0, 0.05) is 12.8 Å². The van der Waals surface area contributed by atoms with E-state index < -0.39 is 0 Å². The zero-order chi connectivity index (χ0) is 6.85. The van der Waals surface area contributed by atoms with Gasteiger partial charge >= 0.3 is 0 Å². The first kappa shape index (κ1) is 7.05. The predicted molar refractivity (Wildman–Crippen MR) is 43.3 cm³/mol. The maximum absolute atomic E-state index is 4.93. The fourth-order valence-corrected chi connectivity index (χ4v) is 1.39. The van der Waals surface area contributed by atoms with Crippen LogP contribution in [0.25, 0.3) is 0 Å². The van der Waals surface area contributed by atoms with Crippen molar-refractivity contribution in [3.05, 3.63) is 0 Å². The normalized spacial score (nSPS) is 19.4. The first-order valence-corrected chi connectivity index (χ1v) is 3.47. The summed E-state index contributed by atoms with van der Waals surface area (Å²) in [6.45, 7) is 0. The third kappa shape index (κ3) is 1.26. The van der Waals surface area contributed by atoms with E-state index in [1.807, 2.05) is 0 Å². The van der Waals surface area contributed by atoms with Crippen LogP contribution >= 0.6 is 24.4 Å². The molecule has 0 radical (unpaired) electrons. The van der Waals surface area contributed by atoms with Gasteiger partial charge in [0.05, 0.1) is 7.11 Å². The minimum atomic E-state index is 0.794. The molecule has 9 heavy (non-hydrogen) atoms. The number of thiocarbonyl (C=S) groups is 2. The molecule has 0 N–H and O–H groups in total. The van der Waals surface area contributed by atoms with Crippen molar-refractivity contribution in [3.8, 4) is 0 Å². The van der Waals surface area contributed by atoms with Gasteiger partial charge in [-0.3, -0.25) is 4.84 Å². The molecule has 0 amide bonds. The maximum Gasteiger partial charge on any atom is 0.110 e. The Morgan fingerprint density at radius 3 is 2.00 bits per heavy atom. The van der Waals surface area contributed by atoms with Gasteiger partial charge in [-0.15, -0.1) is 0 Å². The van der Waals surface area contributed by atoms with Crippen molar-refractivity contribution >= 4 is 34.4 Å². The van der Waals surface area contributed by atoms with E-state index in [2.05, 4.69) is 0 Å². The van der Waals surface area contributed by atoms with Gasteiger partial charge in [0.25, 0.3) is 0 Å². The molecule has 1 saturated heterocycles. The molecule has 0 aromatic heterocycles. The number of hydrogen-bond donors (Lipinski definition) is 0. The van der Waals surface area contributed by atoms with Crippen LogP contribution in [0.2, 0.25) is 0 Å². The number of rotatable bonds is 1. The second-order valence-electron chi connectivity index (χ2n) is 1.76. The van der Waals surface area contributed by atoms with Gasteiger partial charge in [0.2, 0.25) is 0 Å². The molecule has 1 fully saturated rings. The number of hydroxylamine groups is 2. The topological polar surface area (TPSA) is 12.5 Å². The van der Waals surface area contributed by atoms with E-state index in [-0.39, 0.29) is 0 Å². The first-order chi connectivity index (χ1) is 4.25. The molecule has 0 saturated carbocycles. The Morgan fingerprint density at radius 1 is 1.33 bits per heavy atom. The highest BCUT2D eigenvalue weighted by Gasteiger charge is 2.21. The van der Waals surface area contributed by atoms with Gasteiger partial charge in [0.15, 0.2) is 0 Å². The lowest BCUT2D eigenvalue weighted by Gasteiger charge is -2.12. The van der Waals surface area contributed by atoms with Crippen molar-refractivity contribution in [3.63, 3.8) is 0 Å². The Bertz CT molecular complexity index is 141. The van der Waals surface area contributed by atoms with Crippen LogP contribution in [-0.4, -0.2) is 22.2 Å². The van der Waals surface area contributed by atoms with Gasteiger partial charge in [-0.25, -0.2) is 5.06 Å². The highest BCUT2D eigenvalue weighted by molar-refractivity contribution is 7.82. The molecule has 0 aromatic carbocycles. The third-order valence-electron chi connectivity index (χ3n) is 1.19. The first-order valence-electron chi connectivity index (χ1n) is 2.65. The number of hydrogen-bond acceptors (Lipinski definition) is 3. The minimum Gasteiger partial charge on any atom is -0.271 e. The van der Waals surface area contributed by atoms with Crippen molar-refractivity contribution in [2.45, 2.75) is 12.8 Å². The summed E-state index contributed by atoms with van der Waals surface area (Å²) in [6, 6.07) is 0. The van der Waals surface area contributed by atoms with E-state index in [0.717, 1.165) is 22.8 Å². The molecule has 0 aliphatic carbocycles.